The van der Waals surface area contributed by atoms with E-state index in [1.54, 1.807) is 16.8 Å². The van der Waals surface area contributed by atoms with Crippen LogP contribution in [-0.2, 0) is 0 Å². The monoisotopic (exact) mass is 282 g/mol. The zero-order valence-electron chi connectivity index (χ0n) is 9.92. The molecule has 0 aliphatic carbocycles. The van der Waals surface area contributed by atoms with Crippen LogP contribution < -0.4 is 5.73 Å². The summed E-state index contributed by atoms with van der Waals surface area (Å²) in [5.74, 6) is 0.375. The number of aromatic nitrogens is 3. The van der Waals surface area contributed by atoms with Gasteiger partial charge in [-0.3, -0.25) is 0 Å². The Balaban J connectivity index is 2.04. The molecule has 8 heteroatoms. The Morgan fingerprint density at radius 1 is 1.32 bits per heavy atom. The van der Waals surface area contributed by atoms with Crippen molar-refractivity contribution in [3.05, 3.63) is 18.6 Å². The summed E-state index contributed by atoms with van der Waals surface area (Å²) in [5, 5.41) is 29.0. The molecule has 1 aliphatic heterocycles. The summed E-state index contributed by atoms with van der Waals surface area (Å²) >= 11 is 1.32. The first-order chi connectivity index (χ1) is 9.13. The maximum atomic E-state index is 10.1. The lowest BCUT2D eigenvalue weighted by Crippen LogP contribution is -2.32. The smallest absolute Gasteiger partial charge is 0.146 e. The molecule has 1 saturated heterocycles. The maximum Gasteiger partial charge on any atom is 0.146 e. The molecule has 19 heavy (non-hydrogen) atoms. The molecule has 0 unspecified atom stereocenters. The Morgan fingerprint density at radius 2 is 2.11 bits per heavy atom. The maximum absolute atomic E-state index is 10.1. The second-order valence-electron chi connectivity index (χ2n) is 4.45. The lowest BCUT2D eigenvalue weighted by atomic mass is 10.1. The molecule has 0 aromatic carbocycles. The molecule has 2 aromatic heterocycles. The van der Waals surface area contributed by atoms with Gasteiger partial charge >= 0.3 is 0 Å². The van der Waals surface area contributed by atoms with E-state index in [4.69, 9.17) is 5.73 Å². The predicted molar refractivity (Wildman–Crippen MR) is 71.5 cm³/mol. The van der Waals surface area contributed by atoms with Gasteiger partial charge in [-0.25, -0.2) is 9.97 Å². The van der Waals surface area contributed by atoms with E-state index < -0.39 is 22.8 Å². The van der Waals surface area contributed by atoms with Gasteiger partial charge in [0, 0.05) is 6.20 Å². The van der Waals surface area contributed by atoms with Crippen molar-refractivity contribution < 1.29 is 15.3 Å². The van der Waals surface area contributed by atoms with Gasteiger partial charge in [0.2, 0.25) is 0 Å². The number of nitrogens with zero attached hydrogens (tertiary/aromatic N) is 3. The van der Waals surface area contributed by atoms with Crippen molar-refractivity contribution in [2.45, 2.75) is 22.8 Å². The van der Waals surface area contributed by atoms with Crippen molar-refractivity contribution in [2.75, 3.05) is 12.3 Å². The number of rotatable bonds is 2. The second kappa shape index (κ2) is 4.64. The summed E-state index contributed by atoms with van der Waals surface area (Å²) in [6.45, 7) is -0.185. The molecule has 0 radical (unpaired) electrons. The summed E-state index contributed by atoms with van der Waals surface area (Å²) in [5.41, 5.74) is 6.37. The number of nitrogens with two attached hydrogens (primary N) is 1. The first-order valence-corrected chi connectivity index (χ1v) is 6.77. The highest BCUT2D eigenvalue weighted by atomic mass is 32.2. The van der Waals surface area contributed by atoms with E-state index in [0.29, 0.717) is 16.9 Å². The summed E-state index contributed by atoms with van der Waals surface area (Å²) in [4.78, 5) is 8.07. The molecular formula is C11H14N4O3S. The van der Waals surface area contributed by atoms with Crippen molar-refractivity contribution in [3.8, 4) is 0 Å². The van der Waals surface area contributed by atoms with E-state index in [9.17, 15) is 15.3 Å². The van der Waals surface area contributed by atoms with Crippen LogP contribution in [0.2, 0.25) is 0 Å². The van der Waals surface area contributed by atoms with Crippen molar-refractivity contribution in [2.24, 2.45) is 0 Å². The fourth-order valence-electron chi connectivity index (χ4n) is 2.31. The van der Waals surface area contributed by atoms with Gasteiger partial charge in [0.05, 0.1) is 23.3 Å². The van der Waals surface area contributed by atoms with Crippen LogP contribution in [0.5, 0.6) is 0 Å². The van der Waals surface area contributed by atoms with Gasteiger partial charge in [0.15, 0.2) is 0 Å². The van der Waals surface area contributed by atoms with E-state index in [1.165, 1.54) is 18.1 Å². The van der Waals surface area contributed by atoms with Crippen molar-refractivity contribution in [3.63, 3.8) is 0 Å². The van der Waals surface area contributed by atoms with Crippen LogP contribution in [0.1, 0.15) is 5.37 Å². The first kappa shape index (κ1) is 12.7. The predicted octanol–water partition coefficient (Wildman–Crippen LogP) is -0.658. The Hall–Kier alpha value is -1.35. The van der Waals surface area contributed by atoms with Gasteiger partial charge in [-0.05, 0) is 6.07 Å². The minimum atomic E-state index is -0.964. The molecule has 4 atom stereocenters. The zero-order valence-corrected chi connectivity index (χ0v) is 10.7. The molecule has 2 aromatic rings. The average molecular weight is 282 g/mol. The Morgan fingerprint density at radius 3 is 2.79 bits per heavy atom. The number of aliphatic hydroxyl groups excluding tert-OH is 3. The molecule has 1 fully saturated rings. The number of hydrogen-bond donors (Lipinski definition) is 4. The quantitative estimate of drug-likeness (QED) is 0.577. The Kier molecular flexibility index (Phi) is 3.09. The Bertz CT molecular complexity index is 605. The van der Waals surface area contributed by atoms with Crippen molar-refractivity contribution >= 4 is 28.6 Å². The molecular weight excluding hydrogens is 268 g/mol. The van der Waals surface area contributed by atoms with E-state index in [-0.39, 0.29) is 6.61 Å². The van der Waals surface area contributed by atoms with Gasteiger partial charge < -0.3 is 25.6 Å². The summed E-state index contributed by atoms with van der Waals surface area (Å²) in [6.07, 6.45) is 1.19. The molecule has 0 bridgehead atoms. The van der Waals surface area contributed by atoms with Crippen molar-refractivity contribution in [1.82, 2.24) is 14.5 Å². The molecule has 5 N–H and O–H groups in total. The third kappa shape index (κ3) is 1.88. The highest BCUT2D eigenvalue weighted by molar-refractivity contribution is 8.00. The number of anilines is 1. The highest BCUT2D eigenvalue weighted by Crippen LogP contribution is 2.43. The van der Waals surface area contributed by atoms with E-state index in [0.717, 1.165) is 0 Å². The Labute approximate surface area is 113 Å². The largest absolute Gasteiger partial charge is 0.395 e. The van der Waals surface area contributed by atoms with Gasteiger partial charge in [-0.15, -0.1) is 11.8 Å². The molecule has 0 spiro atoms. The highest BCUT2D eigenvalue weighted by Gasteiger charge is 2.43. The van der Waals surface area contributed by atoms with Gasteiger partial charge in [-0.2, -0.15) is 0 Å². The van der Waals surface area contributed by atoms with Crippen LogP contribution in [0.3, 0.4) is 0 Å². The van der Waals surface area contributed by atoms with Gasteiger partial charge in [0.1, 0.15) is 29.3 Å². The molecule has 0 amide bonds. The van der Waals surface area contributed by atoms with Crippen LogP contribution in [0.25, 0.3) is 11.0 Å². The number of nitrogen functional groups attached to an aromatic ring is 1. The second-order valence-corrected chi connectivity index (χ2v) is 5.81. The summed E-state index contributed by atoms with van der Waals surface area (Å²) < 4.78 is 1.75. The third-order valence-corrected chi connectivity index (χ3v) is 4.89. The molecule has 7 nitrogen and oxygen atoms in total. The van der Waals surface area contributed by atoms with Crippen LogP contribution in [0.15, 0.2) is 18.6 Å². The van der Waals surface area contributed by atoms with E-state index in [1.807, 2.05) is 0 Å². The summed E-state index contributed by atoms with van der Waals surface area (Å²) in [6, 6.07) is 1.77. The fourth-order valence-corrected chi connectivity index (χ4v) is 3.70. The van der Waals surface area contributed by atoms with Gasteiger partial charge in [0.25, 0.3) is 0 Å². The minimum absolute atomic E-state index is 0.185. The number of thioether (sulfide) groups is 1. The first-order valence-electron chi connectivity index (χ1n) is 5.83. The number of aliphatic hydroxyl groups is 3. The van der Waals surface area contributed by atoms with Crippen LogP contribution in [-0.4, -0.2) is 53.9 Å². The summed E-state index contributed by atoms with van der Waals surface area (Å²) in [7, 11) is 0. The molecule has 3 rings (SSSR count). The normalized spacial score (nSPS) is 31.1. The standard InChI is InChI=1S/C11H14N4O3S/c12-9-5-1-2-15(10(5)14-4-13-9)11-8(18)7(17)6(3-16)19-11/h1-2,4,6-8,11,16-18H,3H2,(H2,12,13,14)/t6-,7-,8-,11-/m1/s1. The topological polar surface area (TPSA) is 117 Å². The van der Waals surface area contributed by atoms with Crippen molar-refractivity contribution in [1.29, 1.82) is 0 Å². The minimum Gasteiger partial charge on any atom is -0.395 e. The third-order valence-electron chi connectivity index (χ3n) is 3.33. The van der Waals surface area contributed by atoms with E-state index >= 15 is 0 Å². The number of fused-ring (bicyclic) bond motifs is 1. The van der Waals surface area contributed by atoms with Gasteiger partial charge in [-0.1, -0.05) is 0 Å². The fraction of sp³-hybridized carbons (Fsp3) is 0.455. The van der Waals surface area contributed by atoms with Crippen LogP contribution >= 0.6 is 11.8 Å². The van der Waals surface area contributed by atoms with Crippen LogP contribution in [0, 0.1) is 0 Å². The molecule has 3 heterocycles. The SMILES string of the molecule is Nc1ncnc2c1ccn2[C@@H]1S[C@H](CO)[C@@H](O)[C@H]1O. The molecule has 1 aliphatic rings. The lowest BCUT2D eigenvalue weighted by Gasteiger charge is -2.17. The molecule has 0 saturated carbocycles. The van der Waals surface area contributed by atoms with E-state index in [2.05, 4.69) is 9.97 Å². The molecule has 102 valence electrons. The van der Waals surface area contributed by atoms with Crippen LogP contribution in [0.4, 0.5) is 5.82 Å². The average Bonchev–Trinajstić information content (AvgIpc) is 2.94. The zero-order chi connectivity index (χ0) is 13.6. The lowest BCUT2D eigenvalue weighted by molar-refractivity contribution is 0.0113. The number of hydrogen-bond acceptors (Lipinski definition) is 7.